The van der Waals surface area contributed by atoms with Gasteiger partial charge in [0, 0.05) is 49.9 Å². The normalized spacial score (nSPS) is 21.3. The fourth-order valence-corrected chi connectivity index (χ4v) is 6.10. The zero-order valence-corrected chi connectivity index (χ0v) is 26.9. The first kappa shape index (κ1) is 34.3. The maximum absolute atomic E-state index is 12.1. The van der Waals surface area contributed by atoms with Gasteiger partial charge in [0.2, 0.25) is 11.8 Å². The number of carbonyl (C=O) groups excluding carboxylic acids is 2. The van der Waals surface area contributed by atoms with Gasteiger partial charge in [-0.15, -0.1) is 0 Å². The second-order valence-electron chi connectivity index (χ2n) is 12.7. The number of amides is 2. The average Bonchev–Trinajstić information content (AvgIpc) is 3.53. The number of rotatable bonds is 21. The molecule has 2 aliphatic heterocycles. The molecule has 2 fully saturated rings. The van der Waals surface area contributed by atoms with Crippen molar-refractivity contribution in [3.8, 4) is 5.75 Å². The summed E-state index contributed by atoms with van der Waals surface area (Å²) in [5, 5.41) is 13.4. The number of unbranched alkanes of at least 4 members (excludes halogenated alkanes) is 9. The molecule has 2 amide bonds. The van der Waals surface area contributed by atoms with Gasteiger partial charge in [-0.1, -0.05) is 70.6 Å². The molecule has 3 atom stereocenters. The molecule has 0 bridgehead atoms. The van der Waals surface area contributed by atoms with E-state index in [0.717, 1.165) is 81.9 Å². The highest BCUT2D eigenvalue weighted by Gasteiger charge is 2.35. The third-order valence-electron chi connectivity index (χ3n) is 8.69. The number of likely N-dealkylation sites (tertiary alicyclic amines) is 1. The fourth-order valence-electron chi connectivity index (χ4n) is 6.10. The van der Waals surface area contributed by atoms with Gasteiger partial charge in [-0.05, 0) is 64.2 Å². The van der Waals surface area contributed by atoms with Crippen molar-refractivity contribution in [2.75, 3.05) is 31.6 Å². The minimum absolute atomic E-state index is 0.00592. The van der Waals surface area contributed by atoms with Crippen LogP contribution in [0.4, 0.5) is 5.69 Å². The van der Waals surface area contributed by atoms with Crippen molar-refractivity contribution in [2.45, 2.75) is 121 Å². The van der Waals surface area contributed by atoms with E-state index < -0.39 is 0 Å². The number of ether oxygens (including phenoxy) is 1. The molecule has 8 nitrogen and oxygen atoms in total. The third kappa shape index (κ3) is 12.9. The standard InChI is InChI=1S/C35H57N5O3/c1-5-34(42)40-24-22-35(4,27-40)39-30-18-17-19-31(26-30)43-25-16-11-9-7-6-8-10-15-23-36-33(41)21-14-12-13-20-32-28(2)37-29(3)38-32/h5,17-19,26,28,32,37-39H,1,3,6-16,20-25,27H2,2,4H3,(H,36,41)/t28-,32+,35?/m0/s1. The van der Waals surface area contributed by atoms with E-state index in [1.54, 1.807) is 0 Å². The molecule has 43 heavy (non-hydrogen) atoms. The highest BCUT2D eigenvalue weighted by Crippen LogP contribution is 2.28. The topological polar surface area (TPSA) is 94.7 Å². The average molecular weight is 596 g/mol. The maximum atomic E-state index is 12.1. The van der Waals surface area contributed by atoms with Crippen LogP contribution < -0.4 is 26.0 Å². The SMILES string of the molecule is C=CC(=O)N1CCC(C)(Nc2cccc(OCCCCCCCCCCNC(=O)CCCCC[C@H]3NC(=C)N[C@H]3C)c2)C1. The van der Waals surface area contributed by atoms with Crippen molar-refractivity contribution >= 4 is 17.5 Å². The van der Waals surface area contributed by atoms with Gasteiger partial charge in [0.1, 0.15) is 5.75 Å². The van der Waals surface area contributed by atoms with Crippen LogP contribution in [0.3, 0.4) is 0 Å². The Morgan fingerprint density at radius 2 is 1.77 bits per heavy atom. The van der Waals surface area contributed by atoms with E-state index in [4.69, 9.17) is 4.74 Å². The first-order valence-electron chi connectivity index (χ1n) is 16.7. The van der Waals surface area contributed by atoms with E-state index in [1.165, 1.54) is 44.6 Å². The smallest absolute Gasteiger partial charge is 0.246 e. The number of hydrogen-bond donors (Lipinski definition) is 4. The summed E-state index contributed by atoms with van der Waals surface area (Å²) < 4.78 is 6.02. The first-order chi connectivity index (χ1) is 20.8. The van der Waals surface area contributed by atoms with Gasteiger partial charge in [0.05, 0.1) is 18.0 Å². The van der Waals surface area contributed by atoms with E-state index in [0.29, 0.717) is 25.0 Å². The van der Waals surface area contributed by atoms with Gasteiger partial charge in [0.15, 0.2) is 0 Å². The maximum Gasteiger partial charge on any atom is 0.246 e. The van der Waals surface area contributed by atoms with Crippen LogP contribution in [0.15, 0.2) is 49.3 Å². The second kappa shape index (κ2) is 18.5. The van der Waals surface area contributed by atoms with Crippen molar-refractivity contribution in [1.82, 2.24) is 20.9 Å². The number of anilines is 1. The molecule has 1 unspecified atom stereocenters. The molecule has 2 aliphatic rings. The lowest BCUT2D eigenvalue weighted by atomic mass is 10.0. The lowest BCUT2D eigenvalue weighted by Crippen LogP contribution is -2.39. The van der Waals surface area contributed by atoms with Crippen molar-refractivity contribution in [3.63, 3.8) is 0 Å². The number of nitrogens with zero attached hydrogens (tertiary/aromatic N) is 1. The van der Waals surface area contributed by atoms with Crippen molar-refractivity contribution < 1.29 is 14.3 Å². The van der Waals surface area contributed by atoms with E-state index in [2.05, 4.69) is 60.4 Å². The van der Waals surface area contributed by atoms with Crippen LogP contribution in [0.25, 0.3) is 0 Å². The molecule has 0 saturated carbocycles. The molecule has 4 N–H and O–H groups in total. The summed E-state index contributed by atoms with van der Waals surface area (Å²) >= 11 is 0. The zero-order chi connectivity index (χ0) is 30.9. The molecular weight excluding hydrogens is 538 g/mol. The summed E-state index contributed by atoms with van der Waals surface area (Å²) in [5.74, 6) is 2.00. The second-order valence-corrected chi connectivity index (χ2v) is 12.7. The minimum atomic E-state index is -0.147. The van der Waals surface area contributed by atoms with Gasteiger partial charge in [-0.2, -0.15) is 0 Å². The molecule has 0 aliphatic carbocycles. The predicted molar refractivity (Wildman–Crippen MR) is 177 cm³/mol. The Labute approximate surface area is 260 Å². The summed E-state index contributed by atoms with van der Waals surface area (Å²) in [7, 11) is 0. The Morgan fingerprint density at radius 3 is 2.49 bits per heavy atom. The highest BCUT2D eigenvalue weighted by molar-refractivity contribution is 5.87. The van der Waals surface area contributed by atoms with Gasteiger partial charge < -0.3 is 30.9 Å². The van der Waals surface area contributed by atoms with E-state index in [9.17, 15) is 9.59 Å². The number of carbonyl (C=O) groups is 2. The number of nitrogens with one attached hydrogen (secondary N) is 4. The van der Waals surface area contributed by atoms with Gasteiger partial charge in [-0.25, -0.2) is 0 Å². The van der Waals surface area contributed by atoms with Crippen LogP contribution in [0.5, 0.6) is 5.75 Å². The van der Waals surface area contributed by atoms with Crippen LogP contribution >= 0.6 is 0 Å². The third-order valence-corrected chi connectivity index (χ3v) is 8.69. The first-order valence-corrected chi connectivity index (χ1v) is 16.7. The van der Waals surface area contributed by atoms with E-state index >= 15 is 0 Å². The van der Waals surface area contributed by atoms with Crippen LogP contribution in [-0.4, -0.2) is 60.6 Å². The molecule has 2 heterocycles. The van der Waals surface area contributed by atoms with Crippen molar-refractivity contribution in [3.05, 3.63) is 49.3 Å². The van der Waals surface area contributed by atoms with Gasteiger partial charge in [-0.3, -0.25) is 9.59 Å². The molecule has 1 aromatic rings. The van der Waals surface area contributed by atoms with Crippen LogP contribution in [-0.2, 0) is 9.59 Å². The summed E-state index contributed by atoms with van der Waals surface area (Å²) in [5.41, 5.74) is 0.877. The van der Waals surface area contributed by atoms with Gasteiger partial charge in [0.25, 0.3) is 0 Å². The van der Waals surface area contributed by atoms with E-state index in [1.807, 2.05) is 17.0 Å². The predicted octanol–water partition coefficient (Wildman–Crippen LogP) is 6.26. The molecule has 0 aromatic heterocycles. The Hall–Kier alpha value is -3.16. The summed E-state index contributed by atoms with van der Waals surface area (Å²) in [6.07, 6.45) is 16.8. The number of hydrogen-bond acceptors (Lipinski definition) is 6. The molecule has 240 valence electrons. The van der Waals surface area contributed by atoms with Crippen molar-refractivity contribution in [1.29, 1.82) is 0 Å². The largest absolute Gasteiger partial charge is 0.494 e. The molecule has 2 saturated heterocycles. The fraction of sp³-hybridized carbons (Fsp3) is 0.657. The minimum Gasteiger partial charge on any atom is -0.494 e. The molecule has 1 aromatic carbocycles. The van der Waals surface area contributed by atoms with Crippen molar-refractivity contribution in [2.24, 2.45) is 0 Å². The Kier molecular flexibility index (Phi) is 14.8. The zero-order valence-electron chi connectivity index (χ0n) is 26.9. The summed E-state index contributed by atoms with van der Waals surface area (Å²) in [6.45, 7) is 14.8. The van der Waals surface area contributed by atoms with E-state index in [-0.39, 0.29) is 17.4 Å². The summed E-state index contributed by atoms with van der Waals surface area (Å²) in [4.78, 5) is 25.9. The molecule has 3 rings (SSSR count). The number of benzene rings is 1. The molecular formula is C35H57N5O3. The molecule has 8 heteroatoms. The lowest BCUT2D eigenvalue weighted by Gasteiger charge is -2.27. The van der Waals surface area contributed by atoms with Gasteiger partial charge >= 0.3 is 0 Å². The molecule has 0 spiro atoms. The van der Waals surface area contributed by atoms with Crippen LogP contribution in [0.1, 0.15) is 104 Å². The highest BCUT2D eigenvalue weighted by atomic mass is 16.5. The quantitative estimate of drug-likeness (QED) is 0.0990. The Bertz CT molecular complexity index is 1030. The lowest BCUT2D eigenvalue weighted by molar-refractivity contribution is -0.125. The summed E-state index contributed by atoms with van der Waals surface area (Å²) in [6, 6.07) is 9.03. The Balaban J connectivity index is 1.10. The monoisotopic (exact) mass is 595 g/mol. The van der Waals surface area contributed by atoms with Crippen LogP contribution in [0.2, 0.25) is 0 Å². The molecule has 0 radical (unpaired) electrons. The Morgan fingerprint density at radius 1 is 1.05 bits per heavy atom. The van der Waals surface area contributed by atoms with Crippen LogP contribution in [0, 0.1) is 0 Å².